The van der Waals surface area contributed by atoms with Crippen molar-refractivity contribution in [3.8, 4) is 0 Å². The number of piperazine rings is 1. The number of aromatic amines is 1. The van der Waals surface area contributed by atoms with Gasteiger partial charge in [0, 0.05) is 37.7 Å². The number of nitrogens with zero attached hydrogens (tertiary/aromatic N) is 5. The minimum absolute atomic E-state index is 0.0320. The number of H-pyrrole nitrogens is 1. The molecule has 1 saturated heterocycles. The van der Waals surface area contributed by atoms with Gasteiger partial charge in [-0.1, -0.05) is 18.9 Å². The molecule has 1 aromatic carbocycles. The molecule has 0 aliphatic carbocycles. The summed E-state index contributed by atoms with van der Waals surface area (Å²) in [6, 6.07) is 6.07. The van der Waals surface area contributed by atoms with Crippen LogP contribution in [0.3, 0.4) is 0 Å². The predicted molar refractivity (Wildman–Crippen MR) is 92.6 cm³/mol. The minimum atomic E-state index is 0.0320. The van der Waals surface area contributed by atoms with Gasteiger partial charge in [0.2, 0.25) is 5.89 Å². The standard InChI is InChI=1S/C17H20N6O2/c1-11(2)15-20-21-17(25-15)23-7-5-22(6-8-23)16(24)12-3-4-13-14(9-12)19-10-18-13/h3-4,9-11H,5-8H2,1-2H3,(H,18,19). The monoisotopic (exact) mass is 340 g/mol. The highest BCUT2D eigenvalue weighted by atomic mass is 16.4. The number of fused-ring (bicyclic) bond motifs is 1. The lowest BCUT2D eigenvalue weighted by atomic mass is 10.1. The third-order valence-electron chi connectivity index (χ3n) is 4.43. The Labute approximate surface area is 144 Å². The SMILES string of the molecule is CC(C)c1nnc(N2CCN(C(=O)c3ccc4nc[nH]c4c3)CC2)o1. The lowest BCUT2D eigenvalue weighted by Gasteiger charge is -2.33. The second kappa shape index (κ2) is 6.19. The van der Waals surface area contributed by atoms with Crippen LogP contribution in [0.4, 0.5) is 6.01 Å². The molecule has 0 spiro atoms. The molecule has 1 N–H and O–H groups in total. The van der Waals surface area contributed by atoms with Gasteiger partial charge in [0.05, 0.1) is 17.4 Å². The summed E-state index contributed by atoms with van der Waals surface area (Å²) >= 11 is 0. The van der Waals surface area contributed by atoms with Gasteiger partial charge in [0.1, 0.15) is 0 Å². The fraction of sp³-hybridized carbons (Fsp3) is 0.412. The summed E-state index contributed by atoms with van der Waals surface area (Å²) in [4.78, 5) is 23.8. The largest absolute Gasteiger partial charge is 0.408 e. The summed E-state index contributed by atoms with van der Waals surface area (Å²) in [5.74, 6) is 0.882. The molecule has 3 aromatic rings. The predicted octanol–water partition coefficient (Wildman–Crippen LogP) is 2.03. The van der Waals surface area contributed by atoms with Crippen molar-refractivity contribution in [2.75, 3.05) is 31.1 Å². The van der Waals surface area contributed by atoms with Crippen LogP contribution >= 0.6 is 0 Å². The molecule has 8 heteroatoms. The maximum Gasteiger partial charge on any atom is 0.318 e. The first-order valence-corrected chi connectivity index (χ1v) is 8.42. The Hall–Kier alpha value is -2.90. The molecule has 2 aromatic heterocycles. The first-order valence-electron chi connectivity index (χ1n) is 8.42. The second-order valence-corrected chi connectivity index (χ2v) is 6.49. The molecule has 0 unspecified atom stereocenters. The summed E-state index contributed by atoms with van der Waals surface area (Å²) in [6.45, 7) is 6.64. The number of rotatable bonds is 3. The van der Waals surface area contributed by atoms with E-state index in [0.717, 1.165) is 11.0 Å². The van der Waals surface area contributed by atoms with Crippen LogP contribution in [0, 0.1) is 0 Å². The van der Waals surface area contributed by atoms with E-state index < -0.39 is 0 Å². The summed E-state index contributed by atoms with van der Waals surface area (Å²) in [7, 11) is 0. The Morgan fingerprint density at radius 2 is 2.00 bits per heavy atom. The van der Waals surface area contributed by atoms with Crippen molar-refractivity contribution in [2.24, 2.45) is 0 Å². The van der Waals surface area contributed by atoms with Crippen LogP contribution in [0.1, 0.15) is 36.0 Å². The molecule has 0 radical (unpaired) electrons. The van der Waals surface area contributed by atoms with Crippen molar-refractivity contribution in [1.82, 2.24) is 25.1 Å². The van der Waals surface area contributed by atoms with E-state index in [0.29, 0.717) is 43.6 Å². The highest BCUT2D eigenvalue weighted by Crippen LogP contribution is 2.20. The van der Waals surface area contributed by atoms with Crippen LogP contribution in [-0.2, 0) is 0 Å². The average molecular weight is 340 g/mol. The third-order valence-corrected chi connectivity index (χ3v) is 4.43. The average Bonchev–Trinajstić information content (AvgIpc) is 3.30. The van der Waals surface area contributed by atoms with E-state index >= 15 is 0 Å². The number of nitrogens with one attached hydrogen (secondary N) is 1. The van der Waals surface area contributed by atoms with Crippen LogP contribution < -0.4 is 4.90 Å². The highest BCUT2D eigenvalue weighted by Gasteiger charge is 2.25. The van der Waals surface area contributed by atoms with E-state index in [-0.39, 0.29) is 11.8 Å². The van der Waals surface area contributed by atoms with Gasteiger partial charge in [0.15, 0.2) is 0 Å². The number of carbonyl (C=O) groups excluding carboxylic acids is 1. The van der Waals surface area contributed by atoms with Gasteiger partial charge >= 0.3 is 6.01 Å². The van der Waals surface area contributed by atoms with Gasteiger partial charge in [-0.2, -0.15) is 0 Å². The van der Waals surface area contributed by atoms with Gasteiger partial charge < -0.3 is 19.2 Å². The van der Waals surface area contributed by atoms with Crippen LogP contribution in [0.25, 0.3) is 11.0 Å². The first-order chi connectivity index (χ1) is 12.1. The molecule has 1 fully saturated rings. The molecule has 0 atom stereocenters. The summed E-state index contributed by atoms with van der Waals surface area (Å²) in [6.07, 6.45) is 1.63. The van der Waals surface area contributed by atoms with Crippen molar-refractivity contribution in [3.05, 3.63) is 36.0 Å². The lowest BCUT2D eigenvalue weighted by Crippen LogP contribution is -2.48. The van der Waals surface area contributed by atoms with E-state index in [1.165, 1.54) is 0 Å². The number of aromatic nitrogens is 4. The Bertz CT molecular complexity index is 891. The Balaban J connectivity index is 1.42. The number of carbonyl (C=O) groups is 1. The zero-order chi connectivity index (χ0) is 17.4. The number of hydrogen-bond acceptors (Lipinski definition) is 6. The molecule has 1 aliphatic heterocycles. The molecular weight excluding hydrogens is 320 g/mol. The number of anilines is 1. The minimum Gasteiger partial charge on any atom is -0.408 e. The number of hydrogen-bond donors (Lipinski definition) is 1. The summed E-state index contributed by atoms with van der Waals surface area (Å²) in [5.41, 5.74) is 2.40. The van der Waals surface area contributed by atoms with Crippen LogP contribution in [0.15, 0.2) is 28.9 Å². The molecule has 0 bridgehead atoms. The van der Waals surface area contributed by atoms with Gasteiger partial charge in [-0.25, -0.2) is 4.98 Å². The Morgan fingerprint density at radius 1 is 1.20 bits per heavy atom. The van der Waals surface area contributed by atoms with E-state index in [4.69, 9.17) is 4.42 Å². The zero-order valence-corrected chi connectivity index (χ0v) is 14.3. The van der Waals surface area contributed by atoms with Crippen LogP contribution in [0.5, 0.6) is 0 Å². The zero-order valence-electron chi connectivity index (χ0n) is 14.3. The Kier molecular flexibility index (Phi) is 3.87. The normalized spacial score (nSPS) is 15.3. The van der Waals surface area contributed by atoms with Crippen LogP contribution in [-0.4, -0.2) is 57.2 Å². The molecule has 3 heterocycles. The Morgan fingerprint density at radius 3 is 2.72 bits per heavy atom. The van der Waals surface area contributed by atoms with Crippen molar-refractivity contribution in [3.63, 3.8) is 0 Å². The second-order valence-electron chi connectivity index (χ2n) is 6.49. The number of amides is 1. The van der Waals surface area contributed by atoms with E-state index in [2.05, 4.69) is 20.2 Å². The van der Waals surface area contributed by atoms with Crippen molar-refractivity contribution >= 4 is 23.0 Å². The van der Waals surface area contributed by atoms with Crippen LogP contribution in [0.2, 0.25) is 0 Å². The first kappa shape index (κ1) is 15.6. The highest BCUT2D eigenvalue weighted by molar-refractivity contribution is 5.97. The molecular formula is C17H20N6O2. The number of benzene rings is 1. The maximum absolute atomic E-state index is 12.7. The molecule has 1 aliphatic rings. The molecule has 8 nitrogen and oxygen atoms in total. The van der Waals surface area contributed by atoms with Gasteiger partial charge in [0.25, 0.3) is 5.91 Å². The molecule has 1 amide bonds. The van der Waals surface area contributed by atoms with Crippen molar-refractivity contribution < 1.29 is 9.21 Å². The van der Waals surface area contributed by atoms with Crippen molar-refractivity contribution in [2.45, 2.75) is 19.8 Å². The maximum atomic E-state index is 12.7. The summed E-state index contributed by atoms with van der Waals surface area (Å²) in [5, 5.41) is 8.18. The van der Waals surface area contributed by atoms with E-state index in [1.807, 2.05) is 41.8 Å². The van der Waals surface area contributed by atoms with Gasteiger partial charge in [-0.15, -0.1) is 5.10 Å². The molecule has 25 heavy (non-hydrogen) atoms. The topological polar surface area (TPSA) is 91.2 Å². The number of imidazole rings is 1. The quantitative estimate of drug-likeness (QED) is 0.784. The van der Waals surface area contributed by atoms with Crippen molar-refractivity contribution in [1.29, 1.82) is 0 Å². The summed E-state index contributed by atoms with van der Waals surface area (Å²) < 4.78 is 5.69. The van der Waals surface area contributed by atoms with Gasteiger partial charge in [-0.05, 0) is 18.2 Å². The smallest absolute Gasteiger partial charge is 0.318 e. The fourth-order valence-corrected chi connectivity index (χ4v) is 2.94. The molecule has 0 saturated carbocycles. The lowest BCUT2D eigenvalue weighted by molar-refractivity contribution is 0.0745. The van der Waals surface area contributed by atoms with E-state index in [9.17, 15) is 4.79 Å². The third kappa shape index (κ3) is 2.95. The van der Waals surface area contributed by atoms with E-state index in [1.54, 1.807) is 6.33 Å². The molecule has 130 valence electrons. The molecule has 4 rings (SSSR count). The fourth-order valence-electron chi connectivity index (χ4n) is 2.94. The van der Waals surface area contributed by atoms with Gasteiger partial charge in [-0.3, -0.25) is 4.79 Å².